The quantitative estimate of drug-likeness (QED) is 0.0519. The molecule has 0 saturated carbocycles. The highest BCUT2D eigenvalue weighted by atomic mass is 32.1. The minimum atomic E-state index is -1.25. The molecule has 0 unspecified atom stereocenters. The Bertz CT molecular complexity index is 717. The van der Waals surface area contributed by atoms with Crippen LogP contribution in [0.3, 0.4) is 0 Å². The monoisotopic (exact) mass is 726 g/mol. The van der Waals surface area contributed by atoms with Crippen molar-refractivity contribution in [2.45, 2.75) is 38.5 Å². The normalized spacial score (nSPS) is 10.5. The molecule has 0 aromatic heterocycles. The van der Waals surface area contributed by atoms with Gasteiger partial charge in [0.1, 0.15) is 45.1 Å². The number of ether oxygens (including phenoxy) is 6. The van der Waals surface area contributed by atoms with Crippen LogP contribution in [-0.2, 0) is 57.2 Å². The Morgan fingerprint density at radius 3 is 0.791 bits per heavy atom. The van der Waals surface area contributed by atoms with Crippen LogP contribution >= 0.6 is 75.8 Å². The number of hydrogen-bond donors (Lipinski definition) is 6. The second-order valence-corrected chi connectivity index (χ2v) is 11.1. The third kappa shape index (κ3) is 27.0. The average molecular weight is 727 g/mol. The molecule has 0 radical (unpaired) electrons. The van der Waals surface area contributed by atoms with Gasteiger partial charge in [-0.15, -0.1) is 0 Å². The third-order valence-corrected chi connectivity index (χ3v) is 5.92. The molecule has 0 atom stereocenters. The van der Waals surface area contributed by atoms with Crippen molar-refractivity contribution >= 4 is 112 Å². The molecule has 0 spiro atoms. The minimum Gasteiger partial charge on any atom is -0.465 e. The molecule has 0 aromatic carbocycles. The fraction of sp³-hybridized carbons (Fsp3) is 0.760. The summed E-state index contributed by atoms with van der Waals surface area (Å²) in [6.07, 6.45) is 0.377. The maximum absolute atomic E-state index is 11.8. The predicted octanol–water partition coefficient (Wildman–Crippen LogP) is 2.14. The summed E-state index contributed by atoms with van der Waals surface area (Å²) >= 11 is 23.6. The van der Waals surface area contributed by atoms with Crippen LogP contribution in [0.25, 0.3) is 0 Å². The Hall–Kier alpha value is -1.08. The van der Waals surface area contributed by atoms with Gasteiger partial charge in [0.25, 0.3) is 0 Å². The lowest BCUT2D eigenvalue weighted by Gasteiger charge is -2.31. The second kappa shape index (κ2) is 29.6. The Kier molecular flexibility index (Phi) is 30.3. The van der Waals surface area contributed by atoms with E-state index in [-0.39, 0.29) is 101 Å². The molecule has 0 aromatic rings. The summed E-state index contributed by atoms with van der Waals surface area (Å²) in [6.45, 7) is -0.584. The molecule has 0 rings (SSSR count). The Morgan fingerprint density at radius 2 is 0.581 bits per heavy atom. The summed E-state index contributed by atoms with van der Waals surface area (Å²) in [5, 5.41) is 0. The summed E-state index contributed by atoms with van der Waals surface area (Å²) in [5.41, 5.74) is -1.25. The molecule has 12 nitrogen and oxygen atoms in total. The van der Waals surface area contributed by atoms with Crippen LogP contribution in [0.1, 0.15) is 38.5 Å². The number of carbonyl (C=O) groups is 6. The van der Waals surface area contributed by atoms with Gasteiger partial charge in [-0.05, 0) is 0 Å². The van der Waals surface area contributed by atoms with Crippen LogP contribution in [0.15, 0.2) is 0 Å². The summed E-state index contributed by atoms with van der Waals surface area (Å²) in [5.74, 6) is -0.817. The Balaban J connectivity index is 0. The molecule has 0 fully saturated rings. The summed E-state index contributed by atoms with van der Waals surface area (Å²) < 4.78 is 30.3. The predicted molar refractivity (Wildman–Crippen MR) is 179 cm³/mol. The van der Waals surface area contributed by atoms with Crippen LogP contribution in [0, 0.1) is 5.41 Å². The summed E-state index contributed by atoms with van der Waals surface area (Å²) in [7, 11) is 0. The molecule has 0 bridgehead atoms. The van der Waals surface area contributed by atoms with Crippen LogP contribution < -0.4 is 0 Å². The molecule has 0 aliphatic heterocycles. The maximum Gasteiger partial charge on any atom is 0.306 e. The zero-order valence-corrected chi connectivity index (χ0v) is 29.2. The van der Waals surface area contributed by atoms with Crippen molar-refractivity contribution in [3.63, 3.8) is 0 Å². The van der Waals surface area contributed by atoms with Crippen molar-refractivity contribution in [1.82, 2.24) is 0 Å². The first-order chi connectivity index (χ1) is 20.5. The van der Waals surface area contributed by atoms with Crippen molar-refractivity contribution < 1.29 is 57.2 Å². The van der Waals surface area contributed by atoms with E-state index in [1.807, 2.05) is 0 Å². The highest BCUT2D eigenvalue weighted by Gasteiger charge is 2.37. The van der Waals surface area contributed by atoms with Gasteiger partial charge in [-0.25, -0.2) is 0 Å². The van der Waals surface area contributed by atoms with Crippen LogP contribution in [0.5, 0.6) is 0 Å². The molecule has 0 amide bonds. The van der Waals surface area contributed by atoms with E-state index in [2.05, 4.69) is 75.8 Å². The van der Waals surface area contributed by atoms with Crippen LogP contribution in [-0.4, -0.2) is 110 Å². The lowest BCUT2D eigenvalue weighted by Crippen LogP contribution is -2.44. The Morgan fingerprint density at radius 1 is 0.349 bits per heavy atom. The smallest absolute Gasteiger partial charge is 0.306 e. The number of esters is 6. The Labute approximate surface area is 285 Å². The van der Waals surface area contributed by atoms with E-state index in [0.29, 0.717) is 11.5 Å². The van der Waals surface area contributed by atoms with Crippen molar-refractivity contribution in [2.75, 3.05) is 74.2 Å². The lowest BCUT2D eigenvalue weighted by molar-refractivity contribution is -0.170. The SMILES string of the molecule is O=C(CCC(=O)OCCS)OCCS.O=C(CCS)OCC(COC(=O)CCS)(COC(=O)CCS)COC(=O)CCS. The molecule has 0 heterocycles. The average Bonchev–Trinajstić information content (AvgIpc) is 2.98. The van der Waals surface area contributed by atoms with E-state index >= 15 is 0 Å². The van der Waals surface area contributed by atoms with Crippen LogP contribution in [0.4, 0.5) is 0 Å². The molecular weight excluding hydrogens is 685 g/mol. The zero-order valence-electron chi connectivity index (χ0n) is 23.8. The van der Waals surface area contributed by atoms with E-state index in [9.17, 15) is 28.8 Å². The van der Waals surface area contributed by atoms with Gasteiger partial charge >= 0.3 is 35.8 Å². The number of thiol groups is 6. The highest BCUT2D eigenvalue weighted by Crippen LogP contribution is 2.22. The molecule has 0 saturated heterocycles. The molecule has 18 heteroatoms. The molecule has 43 heavy (non-hydrogen) atoms. The molecule has 250 valence electrons. The fourth-order valence-electron chi connectivity index (χ4n) is 2.51. The maximum atomic E-state index is 11.8. The van der Waals surface area contributed by atoms with Crippen molar-refractivity contribution in [1.29, 1.82) is 0 Å². The first kappa shape index (κ1) is 44.0. The number of hydrogen-bond acceptors (Lipinski definition) is 18. The van der Waals surface area contributed by atoms with Gasteiger partial charge < -0.3 is 28.4 Å². The van der Waals surface area contributed by atoms with Gasteiger partial charge in [0, 0.05) is 34.5 Å². The lowest BCUT2D eigenvalue weighted by atomic mass is 9.92. The van der Waals surface area contributed by atoms with Gasteiger partial charge in [0.15, 0.2) is 0 Å². The number of carbonyl (C=O) groups excluding carboxylic acids is 6. The number of rotatable bonds is 23. The van der Waals surface area contributed by atoms with Gasteiger partial charge in [-0.2, -0.15) is 75.8 Å². The summed E-state index contributed by atoms with van der Waals surface area (Å²) in [4.78, 5) is 69.0. The van der Waals surface area contributed by atoms with E-state index < -0.39 is 41.2 Å². The minimum absolute atomic E-state index is 0.0547. The standard InChI is InChI=1S/C17H28O8S4.C8H14O4S2/c18-13(1-5-26)22-9-17(10-23-14(19)2-6-27,11-24-15(20)3-7-28)12-25-16(21)4-8-29;9-7(11-3-5-13)1-2-8(10)12-4-6-14/h26-29H,1-12H2;13-14H,1-6H2. The van der Waals surface area contributed by atoms with E-state index in [1.54, 1.807) is 0 Å². The largest absolute Gasteiger partial charge is 0.465 e. The van der Waals surface area contributed by atoms with Gasteiger partial charge in [-0.1, -0.05) is 0 Å². The second-order valence-electron chi connectivity index (χ2n) is 8.43. The van der Waals surface area contributed by atoms with Gasteiger partial charge in [0.05, 0.1) is 38.5 Å². The van der Waals surface area contributed by atoms with E-state index in [4.69, 9.17) is 28.4 Å². The summed E-state index contributed by atoms with van der Waals surface area (Å²) in [6, 6.07) is 0. The topological polar surface area (TPSA) is 158 Å². The first-order valence-electron chi connectivity index (χ1n) is 13.1. The van der Waals surface area contributed by atoms with E-state index in [0.717, 1.165) is 0 Å². The van der Waals surface area contributed by atoms with Gasteiger partial charge in [0.2, 0.25) is 0 Å². The van der Waals surface area contributed by atoms with Crippen LogP contribution in [0.2, 0.25) is 0 Å². The van der Waals surface area contributed by atoms with Crippen molar-refractivity contribution in [3.05, 3.63) is 0 Å². The highest BCUT2D eigenvalue weighted by molar-refractivity contribution is 7.81. The van der Waals surface area contributed by atoms with Crippen molar-refractivity contribution in [2.24, 2.45) is 5.41 Å². The molecule has 0 N–H and O–H groups in total. The zero-order chi connectivity index (χ0) is 32.9. The first-order valence-corrected chi connectivity index (χ1v) is 16.9. The molecule has 0 aliphatic rings. The molecular formula is C25H42O12S6. The third-order valence-electron chi connectivity index (χ3n) is 4.66. The fourth-order valence-corrected chi connectivity index (χ4v) is 3.42. The van der Waals surface area contributed by atoms with E-state index in [1.165, 1.54) is 0 Å². The van der Waals surface area contributed by atoms with Gasteiger partial charge in [-0.3, -0.25) is 28.8 Å². The van der Waals surface area contributed by atoms with Crippen molar-refractivity contribution in [3.8, 4) is 0 Å². The molecule has 0 aliphatic carbocycles.